The molecule has 0 unspecified atom stereocenters. The maximum Gasteiger partial charge on any atom is 0.338 e. The number of carbonyl (C=O) groups excluding carboxylic acids is 1. The molecule has 84 valence electrons. The fourth-order valence-corrected chi connectivity index (χ4v) is 2.00. The highest BCUT2D eigenvalue weighted by Gasteiger charge is 2.22. The zero-order valence-corrected chi connectivity index (χ0v) is 9.66. The molecule has 0 radical (unpaired) electrons. The topological polar surface area (TPSA) is 35.5 Å². The Morgan fingerprint density at radius 2 is 2.12 bits per heavy atom. The van der Waals surface area contributed by atoms with Crippen molar-refractivity contribution in [2.45, 2.75) is 13.8 Å². The average Bonchev–Trinajstić information content (AvgIpc) is 2.26. The summed E-state index contributed by atoms with van der Waals surface area (Å²) in [7, 11) is 1.39. The number of hydrogen-bond donors (Lipinski definition) is 0. The summed E-state index contributed by atoms with van der Waals surface area (Å²) in [6.07, 6.45) is 1.76. The van der Waals surface area contributed by atoms with Crippen molar-refractivity contribution in [1.82, 2.24) is 0 Å². The van der Waals surface area contributed by atoms with Gasteiger partial charge >= 0.3 is 5.97 Å². The first-order valence-corrected chi connectivity index (χ1v) is 5.16. The monoisotopic (exact) mass is 218 g/mol. The van der Waals surface area contributed by atoms with Gasteiger partial charge in [0, 0.05) is 5.56 Å². The second-order valence-corrected chi connectivity index (χ2v) is 3.88. The smallest absolute Gasteiger partial charge is 0.338 e. The van der Waals surface area contributed by atoms with Crippen molar-refractivity contribution in [2.75, 3.05) is 13.7 Å². The molecular weight excluding hydrogens is 204 g/mol. The number of esters is 1. The van der Waals surface area contributed by atoms with Gasteiger partial charge in [-0.15, -0.1) is 0 Å². The molecule has 3 nitrogen and oxygen atoms in total. The molecule has 16 heavy (non-hydrogen) atoms. The Morgan fingerprint density at radius 1 is 1.38 bits per heavy atom. The van der Waals surface area contributed by atoms with Gasteiger partial charge < -0.3 is 9.47 Å². The Balaban J connectivity index is 2.57. The third-order valence-corrected chi connectivity index (χ3v) is 2.64. The third kappa shape index (κ3) is 1.69. The summed E-state index contributed by atoms with van der Waals surface area (Å²) in [6, 6.07) is 3.97. The van der Waals surface area contributed by atoms with Gasteiger partial charge in [0.25, 0.3) is 0 Å². The van der Waals surface area contributed by atoms with E-state index in [4.69, 9.17) is 9.47 Å². The normalized spacial score (nSPS) is 13.6. The molecule has 0 aromatic heterocycles. The van der Waals surface area contributed by atoms with E-state index in [0.29, 0.717) is 12.2 Å². The molecule has 0 bridgehead atoms. The molecule has 1 aromatic carbocycles. The molecule has 0 atom stereocenters. The lowest BCUT2D eigenvalue weighted by Crippen LogP contribution is -2.13. The highest BCUT2D eigenvalue weighted by atomic mass is 16.5. The maximum atomic E-state index is 11.6. The number of fused-ring (bicyclic) bond motifs is 1. The fraction of sp³-hybridized carbons (Fsp3) is 0.308. The Morgan fingerprint density at radius 3 is 2.81 bits per heavy atom. The van der Waals surface area contributed by atoms with Crippen molar-refractivity contribution in [1.29, 1.82) is 0 Å². The molecule has 0 fully saturated rings. The van der Waals surface area contributed by atoms with Crippen molar-refractivity contribution < 1.29 is 14.3 Å². The summed E-state index contributed by atoms with van der Waals surface area (Å²) >= 11 is 0. The summed E-state index contributed by atoms with van der Waals surface area (Å²) < 4.78 is 10.3. The zero-order valence-electron chi connectivity index (χ0n) is 9.66. The van der Waals surface area contributed by atoms with Gasteiger partial charge in [-0.2, -0.15) is 0 Å². The van der Waals surface area contributed by atoms with E-state index in [-0.39, 0.29) is 5.97 Å². The van der Waals surface area contributed by atoms with Gasteiger partial charge in [-0.25, -0.2) is 4.79 Å². The zero-order chi connectivity index (χ0) is 11.7. The molecule has 0 saturated carbocycles. The number of methoxy groups -OCH3 is 1. The van der Waals surface area contributed by atoms with Crippen molar-refractivity contribution in [3.8, 4) is 5.75 Å². The molecule has 0 spiro atoms. The lowest BCUT2D eigenvalue weighted by Gasteiger charge is -2.20. The van der Waals surface area contributed by atoms with Crippen LogP contribution in [-0.4, -0.2) is 19.7 Å². The predicted molar refractivity (Wildman–Crippen MR) is 61.4 cm³/mol. The van der Waals surface area contributed by atoms with E-state index < -0.39 is 0 Å². The average molecular weight is 218 g/mol. The van der Waals surface area contributed by atoms with Gasteiger partial charge in [0.1, 0.15) is 12.4 Å². The van der Waals surface area contributed by atoms with Crippen LogP contribution in [0.5, 0.6) is 5.75 Å². The van der Waals surface area contributed by atoms with E-state index in [1.807, 2.05) is 26.0 Å². The van der Waals surface area contributed by atoms with Crippen LogP contribution in [0.15, 0.2) is 18.2 Å². The summed E-state index contributed by atoms with van der Waals surface area (Å²) in [5.74, 6) is 0.455. The molecular formula is C13H14O3. The number of rotatable bonds is 1. The summed E-state index contributed by atoms with van der Waals surface area (Å²) in [4.78, 5) is 11.6. The van der Waals surface area contributed by atoms with Gasteiger partial charge in [0.15, 0.2) is 0 Å². The van der Waals surface area contributed by atoms with E-state index in [0.717, 1.165) is 22.4 Å². The van der Waals surface area contributed by atoms with Crippen LogP contribution in [-0.2, 0) is 9.53 Å². The van der Waals surface area contributed by atoms with E-state index in [1.165, 1.54) is 7.11 Å². The second-order valence-electron chi connectivity index (χ2n) is 3.88. The first-order valence-electron chi connectivity index (χ1n) is 5.16. The van der Waals surface area contributed by atoms with Crippen molar-refractivity contribution >= 4 is 11.5 Å². The minimum atomic E-state index is -0.309. The van der Waals surface area contributed by atoms with Crippen LogP contribution in [0, 0.1) is 13.8 Å². The minimum absolute atomic E-state index is 0.309. The molecule has 1 aliphatic rings. The Bertz CT molecular complexity index is 472. The van der Waals surface area contributed by atoms with Gasteiger partial charge in [0.2, 0.25) is 0 Å². The molecule has 2 rings (SSSR count). The lowest BCUT2D eigenvalue weighted by molar-refractivity contribution is -0.133. The molecule has 1 aromatic rings. The Kier molecular flexibility index (Phi) is 2.69. The number of benzene rings is 1. The molecule has 0 saturated heterocycles. The van der Waals surface area contributed by atoms with Crippen LogP contribution < -0.4 is 4.74 Å². The molecule has 3 heteroatoms. The predicted octanol–water partition coefficient (Wildman–Crippen LogP) is 2.25. The van der Waals surface area contributed by atoms with Crippen LogP contribution in [0.3, 0.4) is 0 Å². The second kappa shape index (κ2) is 4.00. The summed E-state index contributed by atoms with van der Waals surface area (Å²) in [5, 5.41) is 0. The Labute approximate surface area is 94.7 Å². The quantitative estimate of drug-likeness (QED) is 0.678. The maximum absolute atomic E-state index is 11.6. The molecule has 0 amide bonds. The highest BCUT2D eigenvalue weighted by molar-refractivity contribution is 6.18. The van der Waals surface area contributed by atoms with Crippen molar-refractivity contribution in [2.24, 2.45) is 0 Å². The lowest BCUT2D eigenvalue weighted by atomic mass is 9.96. The van der Waals surface area contributed by atoms with E-state index in [9.17, 15) is 4.79 Å². The summed E-state index contributed by atoms with van der Waals surface area (Å²) in [5.41, 5.74) is 3.61. The van der Waals surface area contributed by atoms with Crippen LogP contribution in [0.4, 0.5) is 0 Å². The van der Waals surface area contributed by atoms with Crippen LogP contribution in [0.25, 0.3) is 5.57 Å². The first-order chi connectivity index (χ1) is 7.63. The summed E-state index contributed by atoms with van der Waals surface area (Å²) in [6.45, 7) is 4.39. The van der Waals surface area contributed by atoms with Gasteiger partial charge in [-0.1, -0.05) is 6.07 Å². The van der Waals surface area contributed by atoms with Gasteiger partial charge in [-0.05, 0) is 37.1 Å². The largest absolute Gasteiger partial charge is 0.489 e. The molecule has 0 aliphatic carbocycles. The fourth-order valence-electron chi connectivity index (χ4n) is 2.00. The van der Waals surface area contributed by atoms with E-state index in [2.05, 4.69) is 0 Å². The van der Waals surface area contributed by atoms with Crippen LogP contribution in [0.1, 0.15) is 16.7 Å². The van der Waals surface area contributed by atoms with Crippen LogP contribution in [0.2, 0.25) is 0 Å². The highest BCUT2D eigenvalue weighted by Crippen LogP contribution is 2.34. The number of aryl methyl sites for hydroxylation is 2. The van der Waals surface area contributed by atoms with E-state index >= 15 is 0 Å². The SMILES string of the molecule is COC(=O)C1=CCOc2cc(C)cc(C)c21. The molecule has 1 heterocycles. The van der Waals surface area contributed by atoms with Gasteiger partial charge in [-0.3, -0.25) is 0 Å². The minimum Gasteiger partial charge on any atom is -0.489 e. The third-order valence-electron chi connectivity index (χ3n) is 2.64. The van der Waals surface area contributed by atoms with Gasteiger partial charge in [0.05, 0.1) is 12.7 Å². The van der Waals surface area contributed by atoms with Crippen molar-refractivity contribution in [3.05, 3.63) is 34.9 Å². The van der Waals surface area contributed by atoms with Crippen LogP contribution >= 0.6 is 0 Å². The van der Waals surface area contributed by atoms with E-state index in [1.54, 1.807) is 6.08 Å². The standard InChI is InChI=1S/C13H14O3/c1-8-6-9(2)12-10(13(14)15-3)4-5-16-11(12)7-8/h4,6-7H,5H2,1-3H3. The molecule has 1 aliphatic heterocycles. The molecule has 0 N–H and O–H groups in total. The number of ether oxygens (including phenoxy) is 2. The number of carbonyl (C=O) groups is 1. The Hall–Kier alpha value is -1.77. The first kappa shape index (κ1) is 10.7. The number of hydrogen-bond acceptors (Lipinski definition) is 3. The van der Waals surface area contributed by atoms with Crippen molar-refractivity contribution in [3.63, 3.8) is 0 Å².